The van der Waals surface area contributed by atoms with Crippen LogP contribution in [0, 0.1) is 5.82 Å². The van der Waals surface area contributed by atoms with Gasteiger partial charge >= 0.3 is 5.97 Å². The van der Waals surface area contributed by atoms with Crippen molar-refractivity contribution in [1.82, 2.24) is 0 Å². The van der Waals surface area contributed by atoms with Gasteiger partial charge in [0.05, 0.1) is 6.21 Å². The van der Waals surface area contributed by atoms with E-state index in [9.17, 15) is 9.18 Å². The molecule has 1 aromatic rings. The highest BCUT2D eigenvalue weighted by molar-refractivity contribution is 5.79. The minimum atomic E-state index is -0.488. The van der Waals surface area contributed by atoms with Crippen LogP contribution in [-0.2, 0) is 9.63 Å². The number of hydrogen-bond acceptors (Lipinski definition) is 3. The van der Waals surface area contributed by atoms with Gasteiger partial charge < -0.3 is 4.84 Å². The van der Waals surface area contributed by atoms with Gasteiger partial charge in [-0.15, -0.1) is 0 Å². The number of carbonyl (C=O) groups excluding carboxylic acids is 1. The molecule has 0 heterocycles. The van der Waals surface area contributed by atoms with E-state index in [0.717, 1.165) is 0 Å². The molecule has 0 aliphatic heterocycles. The summed E-state index contributed by atoms with van der Waals surface area (Å²) in [5.74, 6) is -0.803. The Morgan fingerprint density at radius 2 is 2.08 bits per heavy atom. The normalized spacial score (nSPS) is 10.3. The van der Waals surface area contributed by atoms with Crippen molar-refractivity contribution in [3.63, 3.8) is 0 Å². The number of nitrogens with zero attached hydrogens (tertiary/aromatic N) is 1. The van der Waals surface area contributed by atoms with E-state index in [1.165, 1.54) is 37.4 Å². The molecule has 0 radical (unpaired) electrons. The lowest BCUT2D eigenvalue weighted by atomic mass is 10.2. The van der Waals surface area contributed by atoms with Gasteiger partial charge in [-0.05, 0) is 17.7 Å². The summed E-state index contributed by atoms with van der Waals surface area (Å²) in [5, 5.41) is 3.37. The van der Waals surface area contributed by atoms with Gasteiger partial charge in [0, 0.05) is 6.92 Å². The summed E-state index contributed by atoms with van der Waals surface area (Å²) in [7, 11) is 0. The Morgan fingerprint density at radius 1 is 1.46 bits per heavy atom. The maximum Gasteiger partial charge on any atom is 0.331 e. The second-order valence-corrected chi connectivity index (χ2v) is 2.37. The first-order valence-electron chi connectivity index (χ1n) is 3.65. The summed E-state index contributed by atoms with van der Waals surface area (Å²) in [4.78, 5) is 14.6. The number of halogens is 1. The van der Waals surface area contributed by atoms with Crippen molar-refractivity contribution < 1.29 is 14.0 Å². The zero-order chi connectivity index (χ0) is 9.68. The molecule has 0 spiro atoms. The molecule has 0 aromatic heterocycles. The third-order valence-electron chi connectivity index (χ3n) is 1.25. The van der Waals surface area contributed by atoms with Crippen LogP contribution in [0.2, 0.25) is 0 Å². The molecule has 0 saturated carbocycles. The fourth-order valence-corrected chi connectivity index (χ4v) is 0.710. The Balaban J connectivity index is 2.59. The zero-order valence-electron chi connectivity index (χ0n) is 7.03. The average molecular weight is 181 g/mol. The van der Waals surface area contributed by atoms with Crippen LogP contribution in [-0.4, -0.2) is 12.2 Å². The van der Waals surface area contributed by atoms with Crippen LogP contribution in [0.5, 0.6) is 0 Å². The lowest BCUT2D eigenvalue weighted by molar-refractivity contribution is -0.140. The average Bonchev–Trinajstić information content (AvgIpc) is 2.08. The van der Waals surface area contributed by atoms with Crippen molar-refractivity contribution in [1.29, 1.82) is 0 Å². The second-order valence-electron chi connectivity index (χ2n) is 2.37. The first-order chi connectivity index (χ1) is 6.18. The van der Waals surface area contributed by atoms with Crippen LogP contribution in [0.4, 0.5) is 4.39 Å². The van der Waals surface area contributed by atoms with Crippen LogP contribution in [0.3, 0.4) is 0 Å². The van der Waals surface area contributed by atoms with Gasteiger partial charge in [-0.2, -0.15) is 0 Å². The van der Waals surface area contributed by atoms with Gasteiger partial charge in [-0.25, -0.2) is 9.18 Å². The standard InChI is InChI=1S/C9H8FNO2/c1-7(12)13-11-6-8-2-4-9(10)5-3-8/h2-6H,1H3. The van der Waals surface area contributed by atoms with Gasteiger partial charge in [0.1, 0.15) is 5.82 Å². The topological polar surface area (TPSA) is 38.7 Å². The lowest BCUT2D eigenvalue weighted by Gasteiger charge is -1.91. The summed E-state index contributed by atoms with van der Waals surface area (Å²) >= 11 is 0. The number of oxime groups is 1. The second kappa shape index (κ2) is 4.35. The van der Waals surface area contributed by atoms with Crippen LogP contribution in [0.1, 0.15) is 12.5 Å². The van der Waals surface area contributed by atoms with Gasteiger partial charge in [0.25, 0.3) is 0 Å². The molecule has 1 aromatic carbocycles. The van der Waals surface area contributed by atoms with Gasteiger partial charge in [-0.1, -0.05) is 17.3 Å². The molecule has 68 valence electrons. The van der Waals surface area contributed by atoms with Crippen molar-refractivity contribution in [2.24, 2.45) is 5.16 Å². The van der Waals surface area contributed by atoms with E-state index in [1.807, 2.05) is 0 Å². The Bertz CT molecular complexity index is 319. The third kappa shape index (κ3) is 3.46. The first-order valence-corrected chi connectivity index (χ1v) is 3.65. The van der Waals surface area contributed by atoms with Crippen LogP contribution in [0.15, 0.2) is 29.4 Å². The summed E-state index contributed by atoms with van der Waals surface area (Å²) in [5.41, 5.74) is 0.669. The molecule has 4 heteroatoms. The van der Waals surface area contributed by atoms with Gasteiger partial charge in [0.15, 0.2) is 0 Å². The molecule has 0 N–H and O–H groups in total. The first kappa shape index (κ1) is 9.38. The highest BCUT2D eigenvalue weighted by atomic mass is 19.1. The molecule has 0 unspecified atom stereocenters. The molecular formula is C9H8FNO2. The van der Waals surface area contributed by atoms with E-state index < -0.39 is 5.97 Å². The minimum absolute atomic E-state index is 0.315. The van der Waals surface area contributed by atoms with E-state index >= 15 is 0 Å². The summed E-state index contributed by atoms with van der Waals surface area (Å²) in [6, 6.07) is 5.66. The largest absolute Gasteiger partial charge is 0.331 e. The third-order valence-corrected chi connectivity index (χ3v) is 1.25. The molecule has 13 heavy (non-hydrogen) atoms. The van der Waals surface area contributed by atoms with E-state index in [-0.39, 0.29) is 5.82 Å². The molecule has 0 amide bonds. The maximum absolute atomic E-state index is 12.4. The highest BCUT2D eigenvalue weighted by Crippen LogP contribution is 1.99. The molecule has 0 saturated heterocycles. The number of carbonyl (C=O) groups is 1. The van der Waals surface area contributed by atoms with Crippen molar-refractivity contribution in [3.05, 3.63) is 35.6 Å². The Kier molecular flexibility index (Phi) is 3.14. The van der Waals surface area contributed by atoms with Crippen molar-refractivity contribution in [2.45, 2.75) is 6.92 Å². The summed E-state index contributed by atoms with van der Waals surface area (Å²) < 4.78 is 12.4. The molecular weight excluding hydrogens is 173 g/mol. The van der Waals surface area contributed by atoms with E-state index in [2.05, 4.69) is 9.99 Å². The van der Waals surface area contributed by atoms with E-state index in [4.69, 9.17) is 0 Å². The Hall–Kier alpha value is -1.71. The van der Waals surface area contributed by atoms with Crippen molar-refractivity contribution in [3.8, 4) is 0 Å². The molecule has 1 rings (SSSR count). The van der Waals surface area contributed by atoms with Crippen LogP contribution < -0.4 is 0 Å². The summed E-state index contributed by atoms with van der Waals surface area (Å²) in [6.07, 6.45) is 1.33. The number of benzene rings is 1. The Labute approximate surface area is 74.8 Å². The number of hydrogen-bond donors (Lipinski definition) is 0. The van der Waals surface area contributed by atoms with E-state index in [1.54, 1.807) is 0 Å². The fraction of sp³-hybridized carbons (Fsp3) is 0.111. The van der Waals surface area contributed by atoms with E-state index in [0.29, 0.717) is 5.56 Å². The van der Waals surface area contributed by atoms with Gasteiger partial charge in [0.2, 0.25) is 0 Å². The predicted octanol–water partition coefficient (Wildman–Crippen LogP) is 1.72. The summed E-state index contributed by atoms with van der Waals surface area (Å²) in [6.45, 7) is 1.25. The smallest absolute Gasteiger partial charge is 0.319 e. The van der Waals surface area contributed by atoms with Crippen LogP contribution >= 0.6 is 0 Å². The molecule has 0 aliphatic rings. The molecule has 3 nitrogen and oxygen atoms in total. The monoisotopic (exact) mass is 181 g/mol. The molecule has 0 aliphatic carbocycles. The molecule has 0 fully saturated rings. The Morgan fingerprint density at radius 3 is 2.62 bits per heavy atom. The molecule has 0 atom stereocenters. The van der Waals surface area contributed by atoms with Gasteiger partial charge in [-0.3, -0.25) is 0 Å². The fourth-order valence-electron chi connectivity index (χ4n) is 0.710. The minimum Gasteiger partial charge on any atom is -0.319 e. The predicted molar refractivity (Wildman–Crippen MR) is 45.8 cm³/mol. The number of rotatable bonds is 2. The lowest BCUT2D eigenvalue weighted by Crippen LogP contribution is -1.91. The maximum atomic E-state index is 12.4. The van der Waals surface area contributed by atoms with Crippen LogP contribution in [0.25, 0.3) is 0 Å². The highest BCUT2D eigenvalue weighted by Gasteiger charge is 1.90. The zero-order valence-corrected chi connectivity index (χ0v) is 7.03. The van der Waals surface area contributed by atoms with Crippen molar-refractivity contribution in [2.75, 3.05) is 0 Å². The quantitative estimate of drug-likeness (QED) is 0.396. The van der Waals surface area contributed by atoms with Crippen molar-refractivity contribution >= 4 is 12.2 Å². The SMILES string of the molecule is CC(=O)ON=Cc1ccc(F)cc1. The molecule has 0 bridgehead atoms.